The van der Waals surface area contributed by atoms with Crippen LogP contribution in [0.3, 0.4) is 0 Å². The Morgan fingerprint density at radius 2 is 2.04 bits per heavy atom. The number of H-pyrrole nitrogens is 1. The Morgan fingerprint density at radius 3 is 2.62 bits per heavy atom. The first-order chi connectivity index (χ1) is 12.4. The van der Waals surface area contributed by atoms with Crippen LogP contribution >= 0.6 is 0 Å². The summed E-state index contributed by atoms with van der Waals surface area (Å²) in [6, 6.07) is 10.3. The average molecular weight is 358 g/mol. The molecule has 0 fully saturated rings. The third-order valence-electron chi connectivity index (χ3n) is 3.19. The number of nitrogens with one attached hydrogen (secondary N) is 2. The van der Waals surface area contributed by atoms with Crippen LogP contribution in [0.2, 0.25) is 0 Å². The molecule has 0 aliphatic rings. The van der Waals surface area contributed by atoms with E-state index in [1.807, 2.05) is 0 Å². The minimum absolute atomic E-state index is 0.107. The second-order valence-electron chi connectivity index (χ2n) is 5.10. The van der Waals surface area contributed by atoms with Gasteiger partial charge >= 0.3 is 11.4 Å². The largest absolute Gasteiger partial charge is 0.493 e. The third kappa shape index (κ3) is 3.72. The summed E-state index contributed by atoms with van der Waals surface area (Å²) in [5.74, 6) is -0.442. The lowest BCUT2D eigenvalue weighted by Gasteiger charge is -2.07. The highest BCUT2D eigenvalue weighted by Gasteiger charge is 2.24. The summed E-state index contributed by atoms with van der Waals surface area (Å²) in [5, 5.41) is 19.3. The number of aromatic nitrogens is 3. The number of nitro groups is 1. The molecule has 1 heterocycles. The number of rotatable bonds is 5. The maximum absolute atomic E-state index is 11.2. The molecule has 0 spiro atoms. The SMILES string of the molecule is CC(=O)Nc1ccc(Oc2ccc([N+](=O)[O-])cc2-[n+]2noc(=O)[nH]2)cc1. The van der Waals surface area contributed by atoms with Gasteiger partial charge in [0.25, 0.3) is 5.69 Å². The maximum Gasteiger partial charge on any atom is 0.493 e. The molecule has 0 radical (unpaired) electrons. The van der Waals surface area contributed by atoms with E-state index in [9.17, 15) is 19.7 Å². The molecule has 0 saturated heterocycles. The van der Waals surface area contributed by atoms with E-state index in [0.717, 1.165) is 4.80 Å². The van der Waals surface area contributed by atoms with Crippen molar-refractivity contribution in [2.24, 2.45) is 0 Å². The van der Waals surface area contributed by atoms with Gasteiger partial charge in [-0.1, -0.05) is 5.10 Å². The Morgan fingerprint density at radius 1 is 1.31 bits per heavy atom. The Bertz CT molecular complexity index is 1020. The second kappa shape index (κ2) is 6.84. The Balaban J connectivity index is 1.95. The number of ether oxygens (including phenoxy) is 1. The molecule has 1 amide bonds. The highest BCUT2D eigenvalue weighted by atomic mass is 16.6. The third-order valence-corrected chi connectivity index (χ3v) is 3.19. The summed E-state index contributed by atoms with van der Waals surface area (Å²) in [7, 11) is 0. The van der Waals surface area contributed by atoms with E-state index in [4.69, 9.17) is 4.74 Å². The summed E-state index contributed by atoms with van der Waals surface area (Å²) < 4.78 is 10.1. The van der Waals surface area contributed by atoms with Crippen LogP contribution in [0.15, 0.2) is 51.8 Å². The van der Waals surface area contributed by atoms with Gasteiger partial charge in [-0.05, 0) is 30.3 Å². The Hall–Kier alpha value is -4.02. The van der Waals surface area contributed by atoms with E-state index in [1.165, 1.54) is 25.1 Å². The maximum atomic E-state index is 11.2. The minimum atomic E-state index is -0.831. The van der Waals surface area contributed by atoms with Crippen LogP contribution in [0.4, 0.5) is 11.4 Å². The molecule has 0 bridgehead atoms. The molecule has 2 aromatic carbocycles. The van der Waals surface area contributed by atoms with Crippen molar-refractivity contribution < 1.29 is 23.8 Å². The fraction of sp³-hybridized carbons (Fsp3) is 0.0667. The van der Waals surface area contributed by atoms with Gasteiger partial charge in [0.15, 0.2) is 0 Å². The van der Waals surface area contributed by atoms with E-state index < -0.39 is 10.7 Å². The number of carbonyl (C=O) groups excluding carboxylic acids is 1. The zero-order chi connectivity index (χ0) is 18.7. The van der Waals surface area contributed by atoms with Crippen molar-refractivity contribution in [3.8, 4) is 17.2 Å². The predicted octanol–water partition coefficient (Wildman–Crippen LogP) is 1.30. The molecule has 1 aromatic heterocycles. The molecule has 3 rings (SSSR count). The number of non-ortho nitro benzene ring substituents is 1. The number of benzene rings is 2. The fourth-order valence-corrected chi connectivity index (χ4v) is 2.12. The molecule has 0 atom stereocenters. The molecule has 2 N–H and O–H groups in total. The molecular formula is C15H12N5O6+. The molecule has 26 heavy (non-hydrogen) atoms. The number of aromatic amines is 1. The molecule has 132 valence electrons. The smallest absolute Gasteiger partial charge is 0.450 e. The van der Waals surface area contributed by atoms with Gasteiger partial charge in [-0.15, -0.1) is 0 Å². The molecular weight excluding hydrogens is 346 g/mol. The number of hydrogen-bond donors (Lipinski definition) is 2. The molecule has 3 aromatic rings. The van der Waals surface area contributed by atoms with Gasteiger partial charge in [-0.2, -0.15) is 0 Å². The average Bonchev–Trinajstić information content (AvgIpc) is 3.02. The first-order valence-corrected chi connectivity index (χ1v) is 7.25. The highest BCUT2D eigenvalue weighted by Crippen LogP contribution is 2.29. The predicted molar refractivity (Wildman–Crippen MR) is 86.1 cm³/mol. The lowest BCUT2D eigenvalue weighted by molar-refractivity contribution is -0.725. The van der Waals surface area contributed by atoms with E-state index in [1.54, 1.807) is 24.3 Å². The van der Waals surface area contributed by atoms with Crippen molar-refractivity contribution >= 4 is 17.3 Å². The van der Waals surface area contributed by atoms with Crippen molar-refractivity contribution in [3.63, 3.8) is 0 Å². The number of nitrogens with zero attached hydrogens (tertiary/aromatic N) is 3. The highest BCUT2D eigenvalue weighted by molar-refractivity contribution is 5.88. The molecule has 11 nitrogen and oxygen atoms in total. The number of nitro benzene ring substituents is 1. The monoisotopic (exact) mass is 358 g/mol. The number of carbonyl (C=O) groups is 1. The van der Waals surface area contributed by atoms with E-state index in [2.05, 4.69) is 20.2 Å². The van der Waals surface area contributed by atoms with Crippen molar-refractivity contribution in [2.75, 3.05) is 5.32 Å². The quantitative estimate of drug-likeness (QED) is 0.397. The van der Waals surface area contributed by atoms with Crippen LogP contribution in [0.5, 0.6) is 11.5 Å². The normalized spacial score (nSPS) is 10.3. The summed E-state index contributed by atoms with van der Waals surface area (Å²) in [4.78, 5) is 33.5. The van der Waals surface area contributed by atoms with Gasteiger partial charge in [0.2, 0.25) is 16.9 Å². The van der Waals surface area contributed by atoms with Crippen LogP contribution in [0.25, 0.3) is 5.69 Å². The standard InChI is InChI=1S/C15H11N5O6/c1-9(21)16-10-2-5-12(6-3-10)25-14-7-4-11(20(23)24)8-13(14)19-17-15(22)26-18-19/h2-8H,1H3,(H-,16,17,18,21,22)/p+1. The zero-order valence-electron chi connectivity index (χ0n) is 13.3. The number of hydrogen-bond acceptors (Lipinski definition) is 7. The summed E-state index contributed by atoms with van der Waals surface area (Å²) in [6.45, 7) is 1.39. The Kier molecular flexibility index (Phi) is 4.43. The van der Waals surface area contributed by atoms with Gasteiger partial charge in [-0.25, -0.2) is 9.32 Å². The number of amides is 1. The zero-order valence-corrected chi connectivity index (χ0v) is 13.3. The fourth-order valence-electron chi connectivity index (χ4n) is 2.12. The first-order valence-electron chi connectivity index (χ1n) is 7.25. The summed E-state index contributed by atoms with van der Waals surface area (Å²) in [6.07, 6.45) is 0. The minimum Gasteiger partial charge on any atom is -0.450 e. The van der Waals surface area contributed by atoms with Crippen molar-refractivity contribution in [3.05, 3.63) is 63.1 Å². The molecule has 0 aliphatic heterocycles. The van der Waals surface area contributed by atoms with Crippen LogP contribution in [-0.4, -0.2) is 21.2 Å². The van der Waals surface area contributed by atoms with E-state index in [-0.39, 0.29) is 23.0 Å². The second-order valence-corrected chi connectivity index (χ2v) is 5.10. The number of anilines is 1. The van der Waals surface area contributed by atoms with Gasteiger partial charge in [-0.3, -0.25) is 14.9 Å². The van der Waals surface area contributed by atoms with Crippen LogP contribution in [0, 0.1) is 10.1 Å². The molecule has 0 aliphatic carbocycles. The summed E-state index contributed by atoms with van der Waals surface area (Å²) in [5.41, 5.74) is 0.477. The summed E-state index contributed by atoms with van der Waals surface area (Å²) >= 11 is 0. The molecule has 0 saturated carbocycles. The lowest BCUT2D eigenvalue weighted by Crippen LogP contribution is -2.38. The van der Waals surface area contributed by atoms with Gasteiger partial charge in [0.1, 0.15) is 5.75 Å². The first kappa shape index (κ1) is 16.8. The molecule has 0 unspecified atom stereocenters. The van der Waals surface area contributed by atoms with Crippen LogP contribution in [0.1, 0.15) is 6.92 Å². The van der Waals surface area contributed by atoms with Gasteiger partial charge < -0.3 is 10.1 Å². The van der Waals surface area contributed by atoms with Gasteiger partial charge in [0, 0.05) is 18.7 Å². The van der Waals surface area contributed by atoms with E-state index in [0.29, 0.717) is 11.4 Å². The lowest BCUT2D eigenvalue weighted by atomic mass is 10.2. The van der Waals surface area contributed by atoms with Crippen molar-refractivity contribution in [2.45, 2.75) is 6.92 Å². The Labute approximate surface area is 144 Å². The van der Waals surface area contributed by atoms with Gasteiger partial charge in [0.05, 0.1) is 15.8 Å². The molecule has 11 heteroatoms. The van der Waals surface area contributed by atoms with E-state index >= 15 is 0 Å². The van der Waals surface area contributed by atoms with Crippen LogP contribution in [-0.2, 0) is 4.79 Å². The van der Waals surface area contributed by atoms with Crippen molar-refractivity contribution in [1.29, 1.82) is 0 Å². The topological polar surface area (TPSA) is 144 Å². The van der Waals surface area contributed by atoms with Crippen molar-refractivity contribution in [1.82, 2.24) is 10.4 Å². The van der Waals surface area contributed by atoms with Crippen LogP contribution < -0.4 is 20.6 Å².